The highest BCUT2D eigenvalue weighted by Gasteiger charge is 2.48. The van der Waals surface area contributed by atoms with Crippen molar-refractivity contribution in [1.29, 1.82) is 0 Å². The van der Waals surface area contributed by atoms with Crippen LogP contribution in [0, 0.1) is 11.8 Å². The van der Waals surface area contributed by atoms with Crippen molar-refractivity contribution in [3.63, 3.8) is 0 Å². The number of hydrogen-bond donors (Lipinski definition) is 0. The van der Waals surface area contributed by atoms with Crippen LogP contribution in [0.5, 0.6) is 0 Å². The third-order valence-corrected chi connectivity index (χ3v) is 6.28. The lowest BCUT2D eigenvalue weighted by molar-refractivity contribution is -0.139. The van der Waals surface area contributed by atoms with Gasteiger partial charge in [-0.2, -0.15) is 0 Å². The fourth-order valence-electron chi connectivity index (χ4n) is 4.70. The number of likely N-dealkylation sites (tertiary alicyclic amines) is 1. The predicted octanol–water partition coefficient (Wildman–Crippen LogP) is 4.62. The summed E-state index contributed by atoms with van der Waals surface area (Å²) in [7, 11) is 0. The van der Waals surface area contributed by atoms with Crippen molar-refractivity contribution < 1.29 is 4.79 Å². The Hall–Kier alpha value is -1.02. The van der Waals surface area contributed by atoms with Gasteiger partial charge in [0.25, 0.3) is 0 Å². The average molecular weight is 318 g/mol. The van der Waals surface area contributed by atoms with Crippen molar-refractivity contribution in [2.75, 3.05) is 6.54 Å². The van der Waals surface area contributed by atoms with E-state index in [1.807, 2.05) is 18.2 Å². The van der Waals surface area contributed by atoms with Crippen LogP contribution < -0.4 is 0 Å². The number of rotatable bonds is 2. The molecule has 3 fully saturated rings. The van der Waals surface area contributed by atoms with Crippen LogP contribution >= 0.6 is 11.6 Å². The minimum absolute atomic E-state index is 0.181. The van der Waals surface area contributed by atoms with Gasteiger partial charge in [-0.15, -0.1) is 0 Å². The maximum Gasteiger partial charge on any atom is 0.226 e. The van der Waals surface area contributed by atoms with Gasteiger partial charge in [-0.3, -0.25) is 4.79 Å². The molecular formula is C19H24ClNO. The van der Waals surface area contributed by atoms with Crippen LogP contribution in [-0.2, 0) is 4.79 Å². The average Bonchev–Trinajstić information content (AvgIpc) is 3.34. The SMILES string of the molecule is O=C(C1CC1c1ccccc1Cl)N1CCCC2CCCCC21. The van der Waals surface area contributed by atoms with Crippen molar-refractivity contribution in [3.05, 3.63) is 34.9 Å². The second kappa shape index (κ2) is 5.88. The van der Waals surface area contributed by atoms with Gasteiger partial charge in [-0.1, -0.05) is 42.6 Å². The summed E-state index contributed by atoms with van der Waals surface area (Å²) in [5.74, 6) is 1.70. The molecule has 0 spiro atoms. The van der Waals surface area contributed by atoms with E-state index < -0.39 is 0 Å². The lowest BCUT2D eigenvalue weighted by Crippen LogP contribution is -2.50. The van der Waals surface area contributed by atoms with E-state index in [-0.39, 0.29) is 5.92 Å². The van der Waals surface area contributed by atoms with Crippen molar-refractivity contribution in [2.45, 2.75) is 56.9 Å². The van der Waals surface area contributed by atoms with Gasteiger partial charge < -0.3 is 4.90 Å². The maximum atomic E-state index is 13.0. The Morgan fingerprint density at radius 2 is 1.86 bits per heavy atom. The summed E-state index contributed by atoms with van der Waals surface area (Å²) >= 11 is 6.30. The molecule has 2 nitrogen and oxygen atoms in total. The highest BCUT2D eigenvalue weighted by Crippen LogP contribution is 2.51. The number of fused-ring (bicyclic) bond motifs is 1. The summed E-state index contributed by atoms with van der Waals surface area (Å²) in [6, 6.07) is 8.54. The number of benzene rings is 1. The van der Waals surface area contributed by atoms with E-state index in [1.54, 1.807) is 0 Å². The zero-order chi connectivity index (χ0) is 15.1. The van der Waals surface area contributed by atoms with E-state index in [4.69, 9.17) is 11.6 Å². The molecule has 4 rings (SSSR count). The largest absolute Gasteiger partial charge is 0.339 e. The second-order valence-electron chi connectivity index (χ2n) is 7.26. The Morgan fingerprint density at radius 3 is 2.73 bits per heavy atom. The van der Waals surface area contributed by atoms with Gasteiger partial charge in [0.15, 0.2) is 0 Å². The molecule has 4 unspecified atom stereocenters. The summed E-state index contributed by atoms with van der Waals surface area (Å²) in [6.45, 7) is 0.978. The molecule has 22 heavy (non-hydrogen) atoms. The molecule has 3 heteroatoms. The van der Waals surface area contributed by atoms with Gasteiger partial charge in [-0.05, 0) is 55.6 Å². The van der Waals surface area contributed by atoms with Crippen LogP contribution in [0.3, 0.4) is 0 Å². The monoisotopic (exact) mass is 317 g/mol. The summed E-state index contributed by atoms with van der Waals surface area (Å²) in [5, 5.41) is 0.817. The number of nitrogens with zero attached hydrogens (tertiary/aromatic N) is 1. The normalized spacial score (nSPS) is 34.1. The Labute approximate surface area is 137 Å². The number of carbonyl (C=O) groups is 1. The predicted molar refractivity (Wildman–Crippen MR) is 89.0 cm³/mol. The number of hydrogen-bond acceptors (Lipinski definition) is 1. The van der Waals surface area contributed by atoms with Crippen molar-refractivity contribution in [3.8, 4) is 0 Å². The smallest absolute Gasteiger partial charge is 0.226 e. The molecule has 0 radical (unpaired) electrons. The molecule has 1 heterocycles. The number of piperidine rings is 1. The molecule has 118 valence electrons. The van der Waals surface area contributed by atoms with Gasteiger partial charge >= 0.3 is 0 Å². The third-order valence-electron chi connectivity index (χ3n) is 5.94. The lowest BCUT2D eigenvalue weighted by Gasteiger charge is -2.44. The maximum absolute atomic E-state index is 13.0. The summed E-state index contributed by atoms with van der Waals surface area (Å²) < 4.78 is 0. The molecule has 0 bridgehead atoms. The standard InChI is InChI=1S/C19H24ClNO/c20-17-9-3-2-8-14(17)15-12-16(15)19(22)21-11-5-7-13-6-1-4-10-18(13)21/h2-3,8-9,13,15-16,18H,1,4-7,10-12H2. The number of amides is 1. The molecule has 1 aromatic carbocycles. The molecule has 0 N–H and O–H groups in total. The Kier molecular flexibility index (Phi) is 3.89. The lowest BCUT2D eigenvalue weighted by atomic mass is 9.78. The highest BCUT2D eigenvalue weighted by atomic mass is 35.5. The molecule has 1 amide bonds. The summed E-state index contributed by atoms with van der Waals surface area (Å²) in [6.07, 6.45) is 8.70. The minimum Gasteiger partial charge on any atom is -0.339 e. The highest BCUT2D eigenvalue weighted by molar-refractivity contribution is 6.31. The van der Waals surface area contributed by atoms with Crippen molar-refractivity contribution >= 4 is 17.5 Å². The van der Waals surface area contributed by atoms with Crippen LogP contribution in [0.25, 0.3) is 0 Å². The number of carbonyl (C=O) groups excluding carboxylic acids is 1. The molecule has 1 aromatic rings. The first-order valence-electron chi connectivity index (χ1n) is 8.80. The molecule has 0 aromatic heterocycles. The topological polar surface area (TPSA) is 20.3 Å². The zero-order valence-electron chi connectivity index (χ0n) is 13.0. The Balaban J connectivity index is 1.47. The van der Waals surface area contributed by atoms with Crippen molar-refractivity contribution in [2.24, 2.45) is 11.8 Å². The summed E-state index contributed by atoms with van der Waals surface area (Å²) in [5.41, 5.74) is 1.17. The quantitative estimate of drug-likeness (QED) is 0.779. The van der Waals surface area contributed by atoms with Crippen LogP contribution in [0.1, 0.15) is 56.4 Å². The first-order chi connectivity index (χ1) is 10.8. The first-order valence-corrected chi connectivity index (χ1v) is 9.18. The fraction of sp³-hybridized carbons (Fsp3) is 0.632. The Morgan fingerprint density at radius 1 is 1.09 bits per heavy atom. The molecule has 2 saturated carbocycles. The molecule has 2 aliphatic carbocycles. The molecule has 4 atom stereocenters. The molecule has 1 aliphatic heterocycles. The van der Waals surface area contributed by atoms with Crippen LogP contribution in [-0.4, -0.2) is 23.4 Å². The third kappa shape index (κ3) is 2.56. The van der Waals surface area contributed by atoms with E-state index >= 15 is 0 Å². The van der Waals surface area contributed by atoms with Gasteiger partial charge in [0.05, 0.1) is 0 Å². The van der Waals surface area contributed by atoms with E-state index in [2.05, 4.69) is 11.0 Å². The van der Waals surface area contributed by atoms with Crippen LogP contribution in [0.4, 0.5) is 0 Å². The van der Waals surface area contributed by atoms with Crippen LogP contribution in [0.2, 0.25) is 5.02 Å². The van der Waals surface area contributed by atoms with Crippen molar-refractivity contribution in [1.82, 2.24) is 4.90 Å². The molecule has 1 saturated heterocycles. The van der Waals surface area contributed by atoms with Gasteiger partial charge in [0.2, 0.25) is 5.91 Å². The molecule has 3 aliphatic rings. The van der Waals surface area contributed by atoms with Gasteiger partial charge in [0.1, 0.15) is 0 Å². The molecular weight excluding hydrogens is 294 g/mol. The van der Waals surface area contributed by atoms with E-state index in [9.17, 15) is 4.79 Å². The zero-order valence-corrected chi connectivity index (χ0v) is 13.8. The first kappa shape index (κ1) is 14.6. The minimum atomic E-state index is 0.181. The summed E-state index contributed by atoms with van der Waals surface area (Å²) in [4.78, 5) is 15.2. The van der Waals surface area contributed by atoms with Gasteiger partial charge in [-0.25, -0.2) is 0 Å². The fourth-order valence-corrected chi connectivity index (χ4v) is 4.97. The van der Waals surface area contributed by atoms with Gasteiger partial charge in [0, 0.05) is 23.5 Å². The second-order valence-corrected chi connectivity index (χ2v) is 7.66. The van der Waals surface area contributed by atoms with E-state index in [0.717, 1.165) is 23.9 Å². The Bertz CT molecular complexity index is 570. The number of halogens is 1. The van der Waals surface area contributed by atoms with Crippen LogP contribution in [0.15, 0.2) is 24.3 Å². The van der Waals surface area contributed by atoms with E-state index in [1.165, 1.54) is 44.1 Å². The van der Waals surface area contributed by atoms with E-state index in [0.29, 0.717) is 17.9 Å².